The zero-order valence-electron chi connectivity index (χ0n) is 19.9. The smallest absolute Gasteiger partial charge is 0.407 e. The molecule has 1 unspecified atom stereocenters. The van der Waals surface area contributed by atoms with Crippen LogP contribution in [-0.2, 0) is 17.7 Å². The van der Waals surface area contributed by atoms with Gasteiger partial charge in [-0.15, -0.1) is 0 Å². The fourth-order valence-corrected chi connectivity index (χ4v) is 4.55. The number of benzene rings is 2. The molecular formula is C25H29Cl2FN4O3. The lowest BCUT2D eigenvalue weighted by molar-refractivity contribution is 0.0185. The van der Waals surface area contributed by atoms with Gasteiger partial charge in [0.05, 0.1) is 46.6 Å². The molecule has 7 nitrogen and oxygen atoms in total. The van der Waals surface area contributed by atoms with Crippen LogP contribution in [0.1, 0.15) is 26.3 Å². The second kappa shape index (κ2) is 10.2. The van der Waals surface area contributed by atoms with Crippen molar-refractivity contribution < 1.29 is 19.0 Å². The van der Waals surface area contributed by atoms with Gasteiger partial charge < -0.3 is 24.6 Å². The number of aromatic nitrogens is 2. The van der Waals surface area contributed by atoms with Crippen LogP contribution in [0.5, 0.6) is 0 Å². The van der Waals surface area contributed by atoms with Crippen molar-refractivity contribution in [1.82, 2.24) is 14.9 Å². The van der Waals surface area contributed by atoms with E-state index < -0.39 is 18.2 Å². The summed E-state index contributed by atoms with van der Waals surface area (Å²) in [5, 5.41) is 13.5. The first kappa shape index (κ1) is 25.5. The van der Waals surface area contributed by atoms with E-state index in [2.05, 4.69) is 10.3 Å². The van der Waals surface area contributed by atoms with Crippen LogP contribution in [0.2, 0.25) is 10.0 Å². The average molecular weight is 523 g/mol. The van der Waals surface area contributed by atoms with Gasteiger partial charge in [-0.3, -0.25) is 0 Å². The molecule has 3 aromatic rings. The summed E-state index contributed by atoms with van der Waals surface area (Å²) in [7, 11) is 0. The summed E-state index contributed by atoms with van der Waals surface area (Å²) in [5.41, 5.74) is 2.94. The van der Waals surface area contributed by atoms with Crippen LogP contribution in [0.4, 0.5) is 14.9 Å². The predicted octanol–water partition coefficient (Wildman–Crippen LogP) is 5.05. The summed E-state index contributed by atoms with van der Waals surface area (Å²) in [6.07, 6.45) is 1.27. The van der Waals surface area contributed by atoms with Gasteiger partial charge in [-0.05, 0) is 42.3 Å². The van der Waals surface area contributed by atoms with Crippen LogP contribution in [0.3, 0.4) is 0 Å². The third-order valence-electron chi connectivity index (χ3n) is 6.26. The number of nitrogens with one attached hydrogen (secondary N) is 1. The van der Waals surface area contributed by atoms with Gasteiger partial charge in [-0.1, -0.05) is 44.0 Å². The van der Waals surface area contributed by atoms with E-state index in [9.17, 15) is 14.3 Å². The van der Waals surface area contributed by atoms with E-state index in [1.807, 2.05) is 30.2 Å². The van der Waals surface area contributed by atoms with E-state index in [1.54, 1.807) is 24.5 Å². The molecule has 188 valence electrons. The minimum atomic E-state index is -0.618. The monoisotopic (exact) mass is 522 g/mol. The highest BCUT2D eigenvalue weighted by molar-refractivity contribution is 6.42. The van der Waals surface area contributed by atoms with Crippen molar-refractivity contribution in [3.63, 3.8) is 0 Å². The number of hydrogen-bond donors (Lipinski definition) is 2. The van der Waals surface area contributed by atoms with Crippen molar-refractivity contribution in [1.29, 1.82) is 0 Å². The maximum absolute atomic E-state index is 13.5. The Labute approximate surface area is 213 Å². The molecular weight excluding hydrogens is 494 g/mol. The number of rotatable bonds is 7. The van der Waals surface area contributed by atoms with Crippen molar-refractivity contribution >= 4 is 46.0 Å². The number of aliphatic hydroxyl groups excluding tert-OH is 1. The molecule has 10 heteroatoms. The van der Waals surface area contributed by atoms with Crippen LogP contribution in [-0.4, -0.2) is 52.6 Å². The first-order chi connectivity index (χ1) is 16.5. The maximum atomic E-state index is 13.5. The minimum Gasteiger partial charge on any atom is -0.444 e. The molecule has 0 saturated heterocycles. The van der Waals surface area contributed by atoms with Gasteiger partial charge >= 0.3 is 6.09 Å². The molecule has 0 fully saturated rings. The number of anilines is 1. The quantitative estimate of drug-likeness (QED) is 0.454. The Kier molecular flexibility index (Phi) is 7.45. The normalized spacial score (nSPS) is 15.2. The molecule has 2 aromatic carbocycles. The summed E-state index contributed by atoms with van der Waals surface area (Å²) in [6, 6.07) is 7.57. The van der Waals surface area contributed by atoms with Gasteiger partial charge in [-0.25, -0.2) is 14.2 Å². The SMILES string of the molecule is CC(C)(C)C(Cn1cnc2cc(Cl)c(Cl)cc21)OC(=O)N[C@@H](CO)CN1CCc2cc(F)ccc21. The van der Waals surface area contributed by atoms with E-state index >= 15 is 0 Å². The molecule has 0 radical (unpaired) electrons. The highest BCUT2D eigenvalue weighted by Gasteiger charge is 2.31. The molecule has 2 atom stereocenters. The first-order valence-electron chi connectivity index (χ1n) is 11.5. The van der Waals surface area contributed by atoms with Crippen LogP contribution < -0.4 is 10.2 Å². The number of ether oxygens (including phenoxy) is 1. The molecule has 0 aliphatic carbocycles. The summed E-state index contributed by atoms with van der Waals surface area (Å²) in [5.74, 6) is -0.268. The summed E-state index contributed by atoms with van der Waals surface area (Å²) < 4.78 is 21.2. The van der Waals surface area contributed by atoms with Gasteiger partial charge in [0.15, 0.2) is 0 Å². The lowest BCUT2D eigenvalue weighted by Gasteiger charge is -2.32. The Bertz CT molecular complexity index is 1230. The molecule has 0 spiro atoms. The zero-order chi connectivity index (χ0) is 25.3. The Morgan fingerprint density at radius 2 is 1.97 bits per heavy atom. The van der Waals surface area contributed by atoms with E-state index in [-0.39, 0.29) is 17.8 Å². The van der Waals surface area contributed by atoms with E-state index in [4.69, 9.17) is 27.9 Å². The van der Waals surface area contributed by atoms with Crippen LogP contribution in [0.15, 0.2) is 36.7 Å². The highest BCUT2D eigenvalue weighted by Crippen LogP contribution is 2.30. The predicted molar refractivity (Wildman–Crippen MR) is 136 cm³/mol. The van der Waals surface area contributed by atoms with Crippen LogP contribution >= 0.6 is 23.2 Å². The fourth-order valence-electron chi connectivity index (χ4n) is 4.24. The Morgan fingerprint density at radius 3 is 2.69 bits per heavy atom. The van der Waals surface area contributed by atoms with E-state index in [0.29, 0.717) is 35.2 Å². The molecule has 1 aliphatic heterocycles. The van der Waals surface area contributed by atoms with Gasteiger partial charge in [0, 0.05) is 24.2 Å². The fraction of sp³-hybridized carbons (Fsp3) is 0.440. The number of halogens is 3. The number of fused-ring (bicyclic) bond motifs is 2. The largest absolute Gasteiger partial charge is 0.444 e. The molecule has 2 N–H and O–H groups in total. The summed E-state index contributed by atoms with van der Waals surface area (Å²) in [6.45, 7) is 7.13. The molecule has 2 heterocycles. The van der Waals surface area contributed by atoms with Crippen molar-refractivity contribution in [2.45, 2.75) is 45.9 Å². The second-order valence-corrected chi connectivity index (χ2v) is 10.7. The highest BCUT2D eigenvalue weighted by atomic mass is 35.5. The van der Waals surface area contributed by atoms with Crippen LogP contribution in [0.25, 0.3) is 11.0 Å². The van der Waals surface area contributed by atoms with Gasteiger partial charge in [0.2, 0.25) is 0 Å². The van der Waals surface area contributed by atoms with E-state index in [1.165, 1.54) is 12.1 Å². The third-order valence-corrected chi connectivity index (χ3v) is 6.98. The second-order valence-electron chi connectivity index (χ2n) is 9.90. The molecule has 0 saturated carbocycles. The van der Waals surface area contributed by atoms with Gasteiger partial charge in [0.25, 0.3) is 0 Å². The third kappa shape index (κ3) is 5.82. The maximum Gasteiger partial charge on any atom is 0.407 e. The number of alkyl carbamates (subject to hydrolysis) is 1. The minimum absolute atomic E-state index is 0.256. The zero-order valence-corrected chi connectivity index (χ0v) is 21.4. The molecule has 35 heavy (non-hydrogen) atoms. The molecule has 1 aliphatic rings. The first-order valence-corrected chi connectivity index (χ1v) is 12.2. The van der Waals surface area contributed by atoms with Crippen molar-refractivity contribution in [3.8, 4) is 0 Å². The Balaban J connectivity index is 1.43. The van der Waals surface area contributed by atoms with Crippen molar-refractivity contribution in [2.24, 2.45) is 5.41 Å². The summed E-state index contributed by atoms with van der Waals surface area (Å²) >= 11 is 12.3. The van der Waals surface area contributed by atoms with Gasteiger partial charge in [0.1, 0.15) is 11.9 Å². The molecule has 4 rings (SSSR count). The van der Waals surface area contributed by atoms with Crippen molar-refractivity contribution in [3.05, 3.63) is 58.1 Å². The Hall–Kier alpha value is -2.55. The number of imidazole rings is 1. The lowest BCUT2D eigenvalue weighted by Crippen LogP contribution is -2.48. The van der Waals surface area contributed by atoms with Gasteiger partial charge in [-0.2, -0.15) is 0 Å². The number of nitrogens with zero attached hydrogens (tertiary/aromatic N) is 3. The molecule has 1 amide bonds. The van der Waals surface area contributed by atoms with E-state index in [0.717, 1.165) is 23.2 Å². The number of carbonyl (C=O) groups excluding carboxylic acids is 1. The number of amides is 1. The Morgan fingerprint density at radius 1 is 1.23 bits per heavy atom. The molecule has 1 aromatic heterocycles. The van der Waals surface area contributed by atoms with Crippen LogP contribution in [0, 0.1) is 11.2 Å². The number of hydrogen-bond acceptors (Lipinski definition) is 5. The van der Waals surface area contributed by atoms with Crippen molar-refractivity contribution in [2.75, 3.05) is 24.6 Å². The lowest BCUT2D eigenvalue weighted by atomic mass is 9.89. The number of aliphatic hydroxyl groups is 1. The molecule has 0 bridgehead atoms. The summed E-state index contributed by atoms with van der Waals surface area (Å²) in [4.78, 5) is 19.3. The number of carbonyl (C=O) groups is 1. The standard InChI is InChI=1S/C25H29Cl2FN4O3/c1-25(2,3)23(12-32-14-29-20-9-18(26)19(27)10-22(20)32)35-24(34)30-17(13-33)11-31-7-6-15-8-16(28)4-5-21(15)31/h4-5,8-10,14,17,23,33H,6-7,11-13H2,1-3H3,(H,30,34)/t17-,23?/m1/s1. The topological polar surface area (TPSA) is 79.6 Å². The average Bonchev–Trinajstić information content (AvgIpc) is 3.36.